The van der Waals surface area contributed by atoms with E-state index < -0.39 is 0 Å². The van der Waals surface area contributed by atoms with Crippen molar-refractivity contribution in [1.82, 2.24) is 10.3 Å². The smallest absolute Gasteiger partial charge is 0.233 e. The summed E-state index contributed by atoms with van der Waals surface area (Å²) >= 11 is 1.66. The first-order valence-corrected chi connectivity index (χ1v) is 10.4. The van der Waals surface area contributed by atoms with E-state index >= 15 is 0 Å². The average molecular weight is 370 g/mol. The lowest BCUT2D eigenvalue weighted by Gasteiger charge is -2.27. The second-order valence-corrected chi connectivity index (χ2v) is 8.06. The van der Waals surface area contributed by atoms with Gasteiger partial charge in [-0.3, -0.25) is 4.79 Å². The Morgan fingerprint density at radius 3 is 2.58 bits per heavy atom. The minimum atomic E-state index is -0.0733. The summed E-state index contributed by atoms with van der Waals surface area (Å²) in [5, 5.41) is 2.95. The van der Waals surface area contributed by atoms with E-state index in [1.807, 2.05) is 31.3 Å². The Bertz CT molecular complexity index is 684. The zero-order valence-corrected chi connectivity index (χ0v) is 16.2. The van der Waals surface area contributed by atoms with E-state index in [4.69, 9.17) is 0 Å². The van der Waals surface area contributed by atoms with Crippen LogP contribution in [0.4, 0.5) is 5.82 Å². The zero-order valence-electron chi connectivity index (χ0n) is 15.4. The number of anilines is 1. The Labute approximate surface area is 160 Å². The molecule has 1 amide bonds. The summed E-state index contributed by atoms with van der Waals surface area (Å²) in [6.07, 6.45) is 5.70. The van der Waals surface area contributed by atoms with Gasteiger partial charge in [-0.2, -0.15) is 0 Å². The fraction of sp³-hybridized carbons (Fsp3) is 0.429. The number of aromatic nitrogens is 1. The largest absolute Gasteiger partial charge is 0.357 e. The van der Waals surface area contributed by atoms with Gasteiger partial charge in [0, 0.05) is 31.6 Å². The van der Waals surface area contributed by atoms with Gasteiger partial charge in [-0.15, -0.1) is 11.8 Å². The molecule has 1 aliphatic heterocycles. The molecule has 4 nitrogen and oxygen atoms in total. The van der Waals surface area contributed by atoms with Crippen molar-refractivity contribution in [3.63, 3.8) is 0 Å². The van der Waals surface area contributed by atoms with Crippen LogP contribution in [0.1, 0.15) is 37.3 Å². The molecule has 5 heteroatoms. The highest BCUT2D eigenvalue weighted by molar-refractivity contribution is 7.99. The third kappa shape index (κ3) is 5.49. The molecule has 138 valence electrons. The Kier molecular flexibility index (Phi) is 6.95. The lowest BCUT2D eigenvalue weighted by atomic mass is 10.1. The van der Waals surface area contributed by atoms with E-state index in [9.17, 15) is 4.79 Å². The maximum Gasteiger partial charge on any atom is 0.233 e. The molecule has 1 fully saturated rings. The summed E-state index contributed by atoms with van der Waals surface area (Å²) in [7, 11) is 0. The van der Waals surface area contributed by atoms with Gasteiger partial charge < -0.3 is 10.2 Å². The predicted octanol–water partition coefficient (Wildman–Crippen LogP) is 4.01. The van der Waals surface area contributed by atoms with Crippen LogP contribution in [0.25, 0.3) is 0 Å². The highest BCUT2D eigenvalue weighted by Crippen LogP contribution is 2.19. The van der Waals surface area contributed by atoms with Crippen molar-refractivity contribution in [3.8, 4) is 0 Å². The van der Waals surface area contributed by atoms with E-state index in [-0.39, 0.29) is 11.2 Å². The number of amides is 1. The standard InChI is InChI=1S/C21H27N3OS/c1-17(26-16-18-8-4-2-5-9-18)21(25)23-15-19-10-11-20(22-14-19)24-12-6-3-7-13-24/h2,4-5,8-11,14,17H,3,6-7,12-13,15-16H2,1H3,(H,23,25). The Morgan fingerprint density at radius 2 is 1.88 bits per heavy atom. The molecule has 1 atom stereocenters. The average Bonchev–Trinajstić information content (AvgIpc) is 2.72. The molecule has 1 aromatic carbocycles. The van der Waals surface area contributed by atoms with Crippen LogP contribution < -0.4 is 10.2 Å². The molecule has 1 unspecified atom stereocenters. The molecule has 26 heavy (non-hydrogen) atoms. The van der Waals surface area contributed by atoms with E-state index in [0.717, 1.165) is 30.2 Å². The number of hydrogen-bond donors (Lipinski definition) is 1. The highest BCUT2D eigenvalue weighted by Gasteiger charge is 2.14. The summed E-state index contributed by atoms with van der Waals surface area (Å²) < 4.78 is 0. The van der Waals surface area contributed by atoms with Gasteiger partial charge in [-0.1, -0.05) is 36.4 Å². The number of carbonyl (C=O) groups excluding carboxylic acids is 1. The van der Waals surface area contributed by atoms with E-state index in [1.54, 1.807) is 11.8 Å². The van der Waals surface area contributed by atoms with Crippen molar-refractivity contribution >= 4 is 23.5 Å². The molecule has 2 heterocycles. The first kappa shape index (κ1) is 18.8. The molecule has 1 saturated heterocycles. The highest BCUT2D eigenvalue weighted by atomic mass is 32.2. The zero-order chi connectivity index (χ0) is 18.2. The molecule has 1 aliphatic rings. The SMILES string of the molecule is CC(SCc1ccccc1)C(=O)NCc1ccc(N2CCCCC2)nc1. The number of piperidine rings is 1. The van der Waals surface area contributed by atoms with Crippen LogP contribution in [-0.4, -0.2) is 29.2 Å². The minimum absolute atomic E-state index is 0.0733. The first-order valence-electron chi connectivity index (χ1n) is 9.35. The summed E-state index contributed by atoms with van der Waals surface area (Å²) in [5.74, 6) is 1.97. The van der Waals surface area contributed by atoms with Gasteiger partial charge >= 0.3 is 0 Å². The van der Waals surface area contributed by atoms with Crippen molar-refractivity contribution < 1.29 is 4.79 Å². The van der Waals surface area contributed by atoms with Crippen LogP contribution in [0.5, 0.6) is 0 Å². The maximum absolute atomic E-state index is 12.3. The normalized spacial score (nSPS) is 15.5. The number of pyridine rings is 1. The Morgan fingerprint density at radius 1 is 1.12 bits per heavy atom. The first-order chi connectivity index (χ1) is 12.7. The summed E-state index contributed by atoms with van der Waals surface area (Å²) in [5.41, 5.74) is 2.29. The van der Waals surface area contributed by atoms with E-state index in [2.05, 4.69) is 39.5 Å². The van der Waals surface area contributed by atoms with Gasteiger partial charge in [0.15, 0.2) is 0 Å². The monoisotopic (exact) mass is 369 g/mol. The number of nitrogens with one attached hydrogen (secondary N) is 1. The van der Waals surface area contributed by atoms with Crippen LogP contribution in [0.15, 0.2) is 48.7 Å². The van der Waals surface area contributed by atoms with Crippen molar-refractivity contribution in [2.24, 2.45) is 0 Å². The lowest BCUT2D eigenvalue weighted by molar-refractivity contribution is -0.120. The van der Waals surface area contributed by atoms with Crippen LogP contribution in [-0.2, 0) is 17.1 Å². The minimum Gasteiger partial charge on any atom is -0.357 e. The number of benzene rings is 1. The van der Waals surface area contributed by atoms with E-state index in [1.165, 1.54) is 24.8 Å². The molecular formula is C21H27N3OS. The van der Waals surface area contributed by atoms with Crippen molar-refractivity contribution in [2.75, 3.05) is 18.0 Å². The predicted molar refractivity (Wildman–Crippen MR) is 109 cm³/mol. The molecule has 0 radical (unpaired) electrons. The third-order valence-electron chi connectivity index (χ3n) is 4.67. The number of rotatable bonds is 7. The molecule has 1 aromatic heterocycles. The van der Waals surface area contributed by atoms with Gasteiger partial charge in [-0.25, -0.2) is 4.98 Å². The molecule has 0 aliphatic carbocycles. The molecule has 0 spiro atoms. The molecule has 2 aromatic rings. The van der Waals surface area contributed by atoms with Gasteiger partial charge in [0.25, 0.3) is 0 Å². The lowest BCUT2D eigenvalue weighted by Crippen LogP contribution is -2.31. The molecule has 0 saturated carbocycles. The van der Waals surface area contributed by atoms with Crippen LogP contribution in [0.3, 0.4) is 0 Å². The fourth-order valence-corrected chi connectivity index (χ4v) is 3.90. The maximum atomic E-state index is 12.3. The molecule has 3 rings (SSSR count). The number of carbonyl (C=O) groups is 1. The van der Waals surface area contributed by atoms with Gasteiger partial charge in [0.05, 0.1) is 5.25 Å². The van der Waals surface area contributed by atoms with Crippen molar-refractivity contribution in [3.05, 3.63) is 59.8 Å². The van der Waals surface area contributed by atoms with Crippen LogP contribution in [0.2, 0.25) is 0 Å². The number of hydrogen-bond acceptors (Lipinski definition) is 4. The molecule has 0 bridgehead atoms. The Hall–Kier alpha value is -2.01. The summed E-state index contributed by atoms with van der Waals surface area (Å²) in [6.45, 7) is 4.68. The molecular weight excluding hydrogens is 342 g/mol. The fourth-order valence-electron chi connectivity index (χ4n) is 3.04. The number of nitrogens with zero attached hydrogens (tertiary/aromatic N) is 2. The van der Waals surface area contributed by atoms with E-state index in [0.29, 0.717) is 6.54 Å². The van der Waals surface area contributed by atoms with Crippen molar-refractivity contribution in [1.29, 1.82) is 0 Å². The third-order valence-corrected chi connectivity index (χ3v) is 5.88. The second-order valence-electron chi connectivity index (χ2n) is 6.73. The van der Waals surface area contributed by atoms with Crippen molar-refractivity contribution in [2.45, 2.75) is 43.7 Å². The summed E-state index contributed by atoms with van der Waals surface area (Å²) in [4.78, 5) is 19.2. The summed E-state index contributed by atoms with van der Waals surface area (Å²) in [6, 6.07) is 14.4. The van der Waals surface area contributed by atoms with Crippen LogP contribution in [0, 0.1) is 0 Å². The van der Waals surface area contributed by atoms with Gasteiger partial charge in [0.2, 0.25) is 5.91 Å². The topological polar surface area (TPSA) is 45.2 Å². The molecule has 1 N–H and O–H groups in total. The van der Waals surface area contributed by atoms with Gasteiger partial charge in [0.1, 0.15) is 5.82 Å². The Balaban J connectivity index is 1.43. The second kappa shape index (κ2) is 9.62. The quantitative estimate of drug-likeness (QED) is 0.801. The number of thioether (sulfide) groups is 1. The van der Waals surface area contributed by atoms with Crippen LogP contribution >= 0.6 is 11.8 Å². The van der Waals surface area contributed by atoms with Gasteiger partial charge in [-0.05, 0) is 43.4 Å².